The van der Waals surface area contributed by atoms with E-state index >= 15 is 0 Å². The highest BCUT2D eigenvalue weighted by Crippen LogP contribution is 2.26. The zero-order chi connectivity index (χ0) is 21.2. The van der Waals surface area contributed by atoms with Gasteiger partial charge in [0.05, 0.1) is 28.3 Å². The lowest BCUT2D eigenvalue weighted by Crippen LogP contribution is -2.23. The molecule has 1 aliphatic rings. The van der Waals surface area contributed by atoms with Crippen LogP contribution < -0.4 is 9.44 Å². The Morgan fingerprint density at radius 3 is 2.33 bits per heavy atom. The van der Waals surface area contributed by atoms with Crippen molar-refractivity contribution in [3.8, 4) is 0 Å². The molecule has 3 aromatic rings. The highest BCUT2D eigenvalue weighted by molar-refractivity contribution is 7.92. The van der Waals surface area contributed by atoms with Gasteiger partial charge in [-0.3, -0.25) is 4.72 Å². The van der Waals surface area contributed by atoms with E-state index in [0.29, 0.717) is 5.76 Å². The molecule has 2 N–H and O–H groups in total. The maximum Gasteiger partial charge on any atom is 0.261 e. The number of aryl methyl sites for hydroxylation is 2. The topological polar surface area (TPSA) is 105 Å². The van der Waals surface area contributed by atoms with Gasteiger partial charge in [0.2, 0.25) is 10.0 Å². The highest BCUT2D eigenvalue weighted by Gasteiger charge is 2.20. The smallest absolute Gasteiger partial charge is 0.261 e. The number of furan rings is 1. The molecule has 0 saturated heterocycles. The van der Waals surface area contributed by atoms with Crippen LogP contribution in [-0.4, -0.2) is 16.8 Å². The molecule has 0 radical (unpaired) electrons. The molecule has 9 heteroatoms. The SMILES string of the molecule is O=S(=O)(NCc1ccco1)c1cccc(NS(=O)(=O)c2ccc3c(c2)CCCC3)c1. The zero-order valence-electron chi connectivity index (χ0n) is 16.2. The molecule has 1 heterocycles. The van der Waals surface area contributed by atoms with E-state index in [0.717, 1.165) is 31.2 Å². The number of rotatable bonds is 7. The Morgan fingerprint density at radius 2 is 1.57 bits per heavy atom. The average molecular weight is 447 g/mol. The van der Waals surface area contributed by atoms with Crippen molar-refractivity contribution in [2.75, 3.05) is 4.72 Å². The van der Waals surface area contributed by atoms with E-state index in [1.165, 1.54) is 36.1 Å². The van der Waals surface area contributed by atoms with Gasteiger partial charge in [0.25, 0.3) is 10.0 Å². The Bertz CT molecular complexity index is 1250. The summed E-state index contributed by atoms with van der Waals surface area (Å²) in [5, 5.41) is 0. The molecule has 4 rings (SSSR count). The summed E-state index contributed by atoms with van der Waals surface area (Å²) < 4.78 is 60.8. The van der Waals surface area contributed by atoms with Crippen molar-refractivity contribution in [3.05, 3.63) is 77.7 Å². The fourth-order valence-corrected chi connectivity index (χ4v) is 5.62. The average Bonchev–Trinajstić information content (AvgIpc) is 3.26. The number of nitrogens with one attached hydrogen (secondary N) is 2. The second-order valence-corrected chi connectivity index (χ2v) is 10.6. The van der Waals surface area contributed by atoms with E-state index in [4.69, 9.17) is 4.42 Å². The number of sulfonamides is 2. The van der Waals surface area contributed by atoms with Crippen molar-refractivity contribution in [2.45, 2.75) is 42.0 Å². The molecular formula is C21H22N2O5S2. The molecule has 0 atom stereocenters. The van der Waals surface area contributed by atoms with Crippen LogP contribution in [0.25, 0.3) is 0 Å². The Hall–Kier alpha value is -2.62. The molecule has 0 spiro atoms. The molecule has 0 amide bonds. The van der Waals surface area contributed by atoms with Crippen molar-refractivity contribution >= 4 is 25.7 Å². The predicted octanol–water partition coefficient (Wildman–Crippen LogP) is 3.44. The van der Waals surface area contributed by atoms with Crippen molar-refractivity contribution < 1.29 is 21.3 Å². The molecule has 0 bridgehead atoms. The highest BCUT2D eigenvalue weighted by atomic mass is 32.2. The zero-order valence-corrected chi connectivity index (χ0v) is 17.8. The van der Waals surface area contributed by atoms with Gasteiger partial charge in [-0.1, -0.05) is 12.1 Å². The summed E-state index contributed by atoms with van der Waals surface area (Å²) in [6.07, 6.45) is 5.46. The lowest BCUT2D eigenvalue weighted by Gasteiger charge is -2.17. The lowest BCUT2D eigenvalue weighted by atomic mass is 9.92. The van der Waals surface area contributed by atoms with Gasteiger partial charge in [-0.15, -0.1) is 0 Å². The van der Waals surface area contributed by atoms with Crippen LogP contribution in [0.4, 0.5) is 5.69 Å². The first-order valence-electron chi connectivity index (χ1n) is 9.60. The fourth-order valence-electron chi connectivity index (χ4n) is 3.48. The summed E-state index contributed by atoms with van der Waals surface area (Å²) >= 11 is 0. The largest absolute Gasteiger partial charge is 0.468 e. The van der Waals surface area contributed by atoms with E-state index in [1.807, 2.05) is 6.07 Å². The molecular weight excluding hydrogens is 424 g/mol. The van der Waals surface area contributed by atoms with E-state index in [-0.39, 0.29) is 22.0 Å². The Balaban J connectivity index is 1.53. The van der Waals surface area contributed by atoms with Crippen LogP contribution in [0.2, 0.25) is 0 Å². The Kier molecular flexibility index (Phi) is 5.68. The molecule has 1 aromatic heterocycles. The van der Waals surface area contributed by atoms with Gasteiger partial charge in [-0.05, 0) is 79.3 Å². The molecule has 1 aliphatic carbocycles. The molecule has 2 aromatic carbocycles. The first-order valence-corrected chi connectivity index (χ1v) is 12.6. The normalized spacial score (nSPS) is 14.3. The van der Waals surface area contributed by atoms with Gasteiger partial charge in [0.1, 0.15) is 5.76 Å². The van der Waals surface area contributed by atoms with E-state index in [1.54, 1.807) is 24.3 Å². The minimum atomic E-state index is -3.84. The number of benzene rings is 2. The van der Waals surface area contributed by atoms with Gasteiger partial charge in [0.15, 0.2) is 0 Å². The quantitative estimate of drug-likeness (QED) is 0.578. The number of hydrogen-bond acceptors (Lipinski definition) is 5. The van der Waals surface area contributed by atoms with Gasteiger partial charge >= 0.3 is 0 Å². The molecule has 7 nitrogen and oxygen atoms in total. The monoisotopic (exact) mass is 446 g/mol. The van der Waals surface area contributed by atoms with Crippen LogP contribution in [0.5, 0.6) is 0 Å². The van der Waals surface area contributed by atoms with Crippen LogP contribution in [0.3, 0.4) is 0 Å². The second-order valence-electron chi connectivity index (χ2n) is 7.17. The van der Waals surface area contributed by atoms with E-state index < -0.39 is 20.0 Å². The molecule has 0 aliphatic heterocycles. The minimum Gasteiger partial charge on any atom is -0.468 e. The summed E-state index contributed by atoms with van der Waals surface area (Å²) in [5.74, 6) is 0.475. The fraction of sp³-hybridized carbons (Fsp3) is 0.238. The Labute approximate surface area is 176 Å². The molecule has 0 saturated carbocycles. The van der Waals surface area contributed by atoms with Gasteiger partial charge in [-0.25, -0.2) is 21.6 Å². The van der Waals surface area contributed by atoms with Crippen LogP contribution in [0, 0.1) is 0 Å². The predicted molar refractivity (Wildman–Crippen MR) is 113 cm³/mol. The molecule has 30 heavy (non-hydrogen) atoms. The Morgan fingerprint density at radius 1 is 0.800 bits per heavy atom. The number of hydrogen-bond donors (Lipinski definition) is 2. The van der Waals surface area contributed by atoms with Gasteiger partial charge in [0, 0.05) is 0 Å². The van der Waals surface area contributed by atoms with Crippen LogP contribution in [0.15, 0.2) is 75.1 Å². The van der Waals surface area contributed by atoms with Crippen LogP contribution in [0.1, 0.15) is 29.7 Å². The molecule has 0 fully saturated rings. The van der Waals surface area contributed by atoms with Crippen molar-refractivity contribution in [1.29, 1.82) is 0 Å². The summed E-state index contributed by atoms with van der Waals surface area (Å²) in [4.78, 5) is 0.132. The van der Waals surface area contributed by atoms with Crippen molar-refractivity contribution in [3.63, 3.8) is 0 Å². The van der Waals surface area contributed by atoms with Crippen LogP contribution in [-0.2, 0) is 39.4 Å². The first kappa shape index (κ1) is 20.6. The summed E-state index contributed by atoms with van der Waals surface area (Å²) in [6, 6.07) is 14.2. The van der Waals surface area contributed by atoms with E-state index in [9.17, 15) is 16.8 Å². The van der Waals surface area contributed by atoms with Crippen molar-refractivity contribution in [1.82, 2.24) is 4.72 Å². The third-order valence-corrected chi connectivity index (χ3v) is 7.82. The van der Waals surface area contributed by atoms with Gasteiger partial charge in [-0.2, -0.15) is 0 Å². The standard InChI is InChI=1S/C21H22N2O5S2/c24-29(25,22-15-19-8-4-12-28-19)20-9-3-7-18(14-20)23-30(26,27)21-11-10-16-5-1-2-6-17(16)13-21/h3-4,7-14,22-23H,1-2,5-6,15H2. The maximum atomic E-state index is 12.8. The molecule has 158 valence electrons. The van der Waals surface area contributed by atoms with E-state index in [2.05, 4.69) is 9.44 Å². The molecule has 0 unspecified atom stereocenters. The van der Waals surface area contributed by atoms with Crippen LogP contribution >= 0.6 is 0 Å². The third-order valence-electron chi connectivity index (χ3n) is 5.04. The first-order chi connectivity index (χ1) is 14.3. The minimum absolute atomic E-state index is 0.000410. The third kappa shape index (κ3) is 4.58. The van der Waals surface area contributed by atoms with Gasteiger partial charge < -0.3 is 4.42 Å². The van der Waals surface area contributed by atoms with Crippen molar-refractivity contribution in [2.24, 2.45) is 0 Å². The summed E-state index contributed by atoms with van der Waals surface area (Å²) in [6.45, 7) is 0.000410. The second kappa shape index (κ2) is 8.25. The summed E-state index contributed by atoms with van der Waals surface area (Å²) in [5.41, 5.74) is 2.42. The lowest BCUT2D eigenvalue weighted by molar-refractivity contribution is 0.498. The maximum absolute atomic E-state index is 12.8. The number of anilines is 1. The summed E-state index contributed by atoms with van der Waals surface area (Å²) in [7, 11) is -7.67. The number of fused-ring (bicyclic) bond motifs is 1.